The second-order valence-electron chi connectivity index (χ2n) is 4.31. The molecule has 0 aliphatic rings. The molecule has 0 bridgehead atoms. The molecular formula is C15H12ClNO4. The minimum absolute atomic E-state index is 0.131. The zero-order valence-electron chi connectivity index (χ0n) is 11.4. The van der Waals surface area contributed by atoms with E-state index in [2.05, 4.69) is 0 Å². The highest BCUT2D eigenvalue weighted by molar-refractivity contribution is 6.31. The van der Waals surface area contributed by atoms with Gasteiger partial charge < -0.3 is 9.94 Å². The minimum atomic E-state index is -0.558. The van der Waals surface area contributed by atoms with Gasteiger partial charge >= 0.3 is 5.97 Å². The maximum Gasteiger partial charge on any atom is 0.338 e. The maximum absolute atomic E-state index is 12.2. The van der Waals surface area contributed by atoms with Gasteiger partial charge in [-0.2, -0.15) is 4.73 Å². The summed E-state index contributed by atoms with van der Waals surface area (Å²) in [4.78, 5) is 23.1. The van der Waals surface area contributed by atoms with Gasteiger partial charge in [-0.05, 0) is 36.7 Å². The van der Waals surface area contributed by atoms with Gasteiger partial charge in [-0.1, -0.05) is 12.1 Å². The van der Waals surface area contributed by atoms with Gasteiger partial charge in [-0.25, -0.2) is 4.79 Å². The van der Waals surface area contributed by atoms with Crippen molar-refractivity contribution >= 4 is 23.4 Å². The molecule has 0 fully saturated rings. The second kappa shape index (κ2) is 5.93. The Labute approximate surface area is 126 Å². The predicted octanol–water partition coefficient (Wildman–Crippen LogP) is 2.63. The van der Waals surface area contributed by atoms with Crippen LogP contribution in [0.1, 0.15) is 27.6 Å². The smallest absolute Gasteiger partial charge is 0.338 e. The first kappa shape index (κ1) is 15.0. The first-order valence-electron chi connectivity index (χ1n) is 6.08. The average Bonchev–Trinajstić information content (AvgIpc) is 2.49. The number of ketones is 1. The molecule has 5 nitrogen and oxygen atoms in total. The summed E-state index contributed by atoms with van der Waals surface area (Å²) in [5.74, 6) is -0.866. The Balaban J connectivity index is 2.66. The van der Waals surface area contributed by atoms with Crippen molar-refractivity contribution in [2.75, 3.05) is 7.11 Å². The lowest BCUT2D eigenvalue weighted by Crippen LogP contribution is -2.32. The van der Waals surface area contributed by atoms with E-state index in [0.717, 1.165) is 0 Å². The maximum atomic E-state index is 12.2. The van der Waals surface area contributed by atoms with E-state index in [1.807, 2.05) is 0 Å². The number of halogens is 1. The number of pyridine rings is 1. The van der Waals surface area contributed by atoms with Crippen LogP contribution >= 0.6 is 11.6 Å². The number of hydrogen-bond acceptors (Lipinski definition) is 4. The van der Waals surface area contributed by atoms with Crippen molar-refractivity contribution in [1.82, 2.24) is 0 Å². The van der Waals surface area contributed by atoms with Gasteiger partial charge in [0.25, 0.3) is 5.15 Å². The number of esters is 1. The molecular weight excluding hydrogens is 294 g/mol. The van der Waals surface area contributed by atoms with E-state index in [9.17, 15) is 14.8 Å². The number of carbonyl (C=O) groups is 2. The van der Waals surface area contributed by atoms with Crippen LogP contribution in [0.2, 0.25) is 5.15 Å². The van der Waals surface area contributed by atoms with E-state index in [1.54, 1.807) is 24.3 Å². The van der Waals surface area contributed by atoms with Crippen LogP contribution < -0.4 is 4.73 Å². The summed E-state index contributed by atoms with van der Waals surface area (Å²) in [5.41, 5.74) is 0.935. The Morgan fingerprint density at radius 2 is 1.81 bits per heavy atom. The number of hydrogen-bond donors (Lipinski definition) is 0. The molecule has 0 aliphatic heterocycles. The molecule has 0 aliphatic carbocycles. The fourth-order valence-corrected chi connectivity index (χ4v) is 2.26. The fraction of sp³-hybridized carbons (Fsp3) is 0.133. The van der Waals surface area contributed by atoms with Crippen LogP contribution in [0.15, 0.2) is 36.4 Å². The van der Waals surface area contributed by atoms with Crippen molar-refractivity contribution in [2.24, 2.45) is 0 Å². The normalized spacial score (nSPS) is 10.2. The second-order valence-corrected chi connectivity index (χ2v) is 4.67. The lowest BCUT2D eigenvalue weighted by atomic mass is 10.0. The van der Waals surface area contributed by atoms with Crippen LogP contribution in [-0.4, -0.2) is 18.9 Å². The van der Waals surface area contributed by atoms with Crippen molar-refractivity contribution in [2.45, 2.75) is 6.92 Å². The highest BCUT2D eigenvalue weighted by atomic mass is 35.5. The highest BCUT2D eigenvalue weighted by Gasteiger charge is 2.23. The highest BCUT2D eigenvalue weighted by Crippen LogP contribution is 2.24. The molecule has 0 saturated carbocycles. The first-order chi connectivity index (χ1) is 9.97. The number of methoxy groups -OCH3 is 1. The van der Waals surface area contributed by atoms with Crippen molar-refractivity contribution in [3.8, 4) is 11.3 Å². The standard InChI is InChI=1S/C15H12ClNO4/c1-9(18)10-7-8-13(17(20)14(10)16)11-5-3-4-6-12(11)15(19)21-2/h3-8H,1-2H3. The van der Waals surface area contributed by atoms with Gasteiger partial charge in [0.05, 0.1) is 18.2 Å². The number of ether oxygens (including phenoxy) is 1. The number of benzene rings is 1. The molecule has 0 radical (unpaired) electrons. The Kier molecular flexibility index (Phi) is 4.23. The van der Waals surface area contributed by atoms with Gasteiger partial charge in [0, 0.05) is 6.07 Å². The SMILES string of the molecule is COC(=O)c1ccccc1-c1ccc(C(C)=O)c(Cl)[n+]1[O-]. The largest absolute Gasteiger partial charge is 0.617 e. The zero-order chi connectivity index (χ0) is 15.6. The molecule has 1 aromatic heterocycles. The molecule has 0 amide bonds. The molecule has 0 atom stereocenters. The molecule has 2 rings (SSSR count). The summed E-state index contributed by atoms with van der Waals surface area (Å²) in [6, 6.07) is 9.43. The summed E-state index contributed by atoms with van der Waals surface area (Å²) in [7, 11) is 1.26. The van der Waals surface area contributed by atoms with Crippen molar-refractivity contribution in [1.29, 1.82) is 0 Å². The van der Waals surface area contributed by atoms with Gasteiger partial charge in [-0.3, -0.25) is 4.79 Å². The molecule has 21 heavy (non-hydrogen) atoms. The molecule has 2 aromatic rings. The fourth-order valence-electron chi connectivity index (χ4n) is 1.97. The van der Waals surface area contributed by atoms with Gasteiger partial charge in [0.15, 0.2) is 5.78 Å². The summed E-state index contributed by atoms with van der Waals surface area (Å²) >= 11 is 5.92. The molecule has 6 heteroatoms. The predicted molar refractivity (Wildman–Crippen MR) is 77.2 cm³/mol. The van der Waals surface area contributed by atoms with E-state index in [0.29, 0.717) is 10.3 Å². The third kappa shape index (κ3) is 2.73. The van der Waals surface area contributed by atoms with Gasteiger partial charge in [-0.15, -0.1) is 0 Å². The monoisotopic (exact) mass is 305 g/mol. The lowest BCUT2D eigenvalue weighted by molar-refractivity contribution is -0.591. The van der Waals surface area contributed by atoms with E-state index < -0.39 is 5.97 Å². The summed E-state index contributed by atoms with van der Waals surface area (Å²) in [6.45, 7) is 1.32. The van der Waals surface area contributed by atoms with Gasteiger partial charge in [0.2, 0.25) is 5.69 Å². The van der Waals surface area contributed by atoms with Crippen LogP contribution in [-0.2, 0) is 4.74 Å². The zero-order valence-corrected chi connectivity index (χ0v) is 12.2. The third-order valence-electron chi connectivity index (χ3n) is 3.01. The van der Waals surface area contributed by atoms with Gasteiger partial charge in [0.1, 0.15) is 5.56 Å². The number of aromatic nitrogens is 1. The summed E-state index contributed by atoms with van der Waals surface area (Å²) in [6.07, 6.45) is 0. The van der Waals surface area contributed by atoms with Crippen molar-refractivity contribution < 1.29 is 19.1 Å². The average molecular weight is 306 g/mol. The number of carbonyl (C=O) groups excluding carboxylic acids is 2. The van der Waals surface area contributed by atoms with Crippen molar-refractivity contribution in [3.63, 3.8) is 0 Å². The molecule has 0 saturated heterocycles. The molecule has 108 valence electrons. The summed E-state index contributed by atoms with van der Waals surface area (Å²) < 4.78 is 5.12. The lowest BCUT2D eigenvalue weighted by Gasteiger charge is -2.10. The topological polar surface area (TPSA) is 70.3 Å². The van der Waals surface area contributed by atoms with Crippen LogP contribution in [0, 0.1) is 5.21 Å². The Hall–Kier alpha value is -2.40. The van der Waals surface area contributed by atoms with E-state index in [4.69, 9.17) is 16.3 Å². The molecule has 1 heterocycles. The van der Waals surface area contributed by atoms with Crippen LogP contribution in [0.25, 0.3) is 11.3 Å². The molecule has 0 N–H and O–H groups in total. The quantitative estimate of drug-likeness (QED) is 0.287. The Morgan fingerprint density at radius 1 is 1.14 bits per heavy atom. The van der Waals surface area contributed by atoms with E-state index >= 15 is 0 Å². The van der Waals surface area contributed by atoms with Crippen molar-refractivity contribution in [3.05, 3.63) is 57.9 Å². The number of rotatable bonds is 3. The van der Waals surface area contributed by atoms with E-state index in [-0.39, 0.29) is 27.8 Å². The summed E-state index contributed by atoms with van der Waals surface area (Å²) in [5, 5.41) is 12.0. The Bertz CT molecular complexity index is 728. The van der Waals surface area contributed by atoms with Crippen LogP contribution in [0.4, 0.5) is 0 Å². The molecule has 0 spiro atoms. The number of Topliss-reactive ketones (excluding diaryl/α,β-unsaturated/α-hetero) is 1. The first-order valence-corrected chi connectivity index (χ1v) is 6.46. The Morgan fingerprint density at radius 3 is 2.43 bits per heavy atom. The van der Waals surface area contributed by atoms with Crippen LogP contribution in [0.5, 0.6) is 0 Å². The van der Waals surface area contributed by atoms with Crippen LogP contribution in [0.3, 0.4) is 0 Å². The minimum Gasteiger partial charge on any atom is -0.617 e. The number of nitrogens with zero attached hydrogens (tertiary/aromatic N) is 1. The van der Waals surface area contributed by atoms with E-state index in [1.165, 1.54) is 26.2 Å². The third-order valence-corrected chi connectivity index (χ3v) is 3.37. The molecule has 1 aromatic carbocycles. The molecule has 0 unspecified atom stereocenters.